The predicted octanol–water partition coefficient (Wildman–Crippen LogP) is 3.52. The summed E-state index contributed by atoms with van der Waals surface area (Å²) in [6, 6.07) is 8.55. The molecule has 1 aliphatic heterocycles. The predicted molar refractivity (Wildman–Crippen MR) is 89.0 cm³/mol. The molecule has 1 saturated heterocycles. The molecule has 1 N–H and O–H groups in total. The third kappa shape index (κ3) is 5.34. The van der Waals surface area contributed by atoms with Crippen LogP contribution in [0.1, 0.15) is 50.7 Å². The van der Waals surface area contributed by atoms with Crippen LogP contribution in [-0.2, 0) is 11.3 Å². The Morgan fingerprint density at radius 1 is 1.32 bits per heavy atom. The molecular formula is C18H28N2O2. The number of carbonyl (C=O) groups is 1. The minimum atomic E-state index is -0.458. The van der Waals surface area contributed by atoms with Crippen LogP contribution in [0.2, 0.25) is 0 Å². The summed E-state index contributed by atoms with van der Waals surface area (Å²) < 4.78 is 5.26. The summed E-state index contributed by atoms with van der Waals surface area (Å²) in [7, 11) is 2.18. The van der Waals surface area contributed by atoms with Crippen LogP contribution in [-0.4, -0.2) is 36.7 Å². The Morgan fingerprint density at radius 3 is 2.64 bits per heavy atom. The molecule has 1 amide bonds. The number of nitrogens with one attached hydrogen (secondary N) is 1. The normalized spacial score (nSPS) is 17.3. The summed E-state index contributed by atoms with van der Waals surface area (Å²) in [6.45, 7) is 8.43. The van der Waals surface area contributed by atoms with Gasteiger partial charge in [-0.05, 0) is 70.8 Å². The van der Waals surface area contributed by atoms with Crippen molar-refractivity contribution in [3.05, 3.63) is 35.4 Å². The van der Waals surface area contributed by atoms with E-state index >= 15 is 0 Å². The van der Waals surface area contributed by atoms with Gasteiger partial charge in [0.1, 0.15) is 5.60 Å². The molecule has 4 heteroatoms. The van der Waals surface area contributed by atoms with E-state index in [1.54, 1.807) is 0 Å². The van der Waals surface area contributed by atoms with Crippen molar-refractivity contribution in [1.29, 1.82) is 0 Å². The molecule has 0 aromatic heterocycles. The van der Waals surface area contributed by atoms with Crippen molar-refractivity contribution in [2.24, 2.45) is 0 Å². The summed E-state index contributed by atoms with van der Waals surface area (Å²) in [4.78, 5) is 14.1. The summed E-state index contributed by atoms with van der Waals surface area (Å²) in [5.74, 6) is 0.637. The number of nitrogens with zero attached hydrogens (tertiary/aromatic N) is 1. The van der Waals surface area contributed by atoms with Gasteiger partial charge in [0.2, 0.25) is 0 Å². The van der Waals surface area contributed by atoms with E-state index in [0.717, 1.165) is 18.7 Å². The maximum absolute atomic E-state index is 11.7. The molecule has 1 aliphatic rings. The van der Waals surface area contributed by atoms with Gasteiger partial charge in [-0.15, -0.1) is 0 Å². The molecule has 2 rings (SSSR count). The number of ether oxygens (including phenoxy) is 1. The fraction of sp³-hybridized carbons (Fsp3) is 0.611. The number of amides is 1. The van der Waals surface area contributed by atoms with Gasteiger partial charge in [0, 0.05) is 6.54 Å². The Hall–Kier alpha value is -1.55. The standard InChI is InChI=1S/C18H28N2O2/c1-18(2,3)22-17(21)19-13-14-6-5-7-16(12-14)15-8-10-20(4)11-9-15/h5-7,12,15H,8-11,13H2,1-4H3,(H,19,21). The van der Waals surface area contributed by atoms with Gasteiger partial charge in [0.25, 0.3) is 0 Å². The maximum Gasteiger partial charge on any atom is 0.407 e. The molecule has 1 fully saturated rings. The van der Waals surface area contributed by atoms with Crippen LogP contribution in [0.5, 0.6) is 0 Å². The zero-order valence-electron chi connectivity index (χ0n) is 14.2. The smallest absolute Gasteiger partial charge is 0.407 e. The molecule has 122 valence electrons. The Bertz CT molecular complexity index is 500. The van der Waals surface area contributed by atoms with Gasteiger partial charge in [0.15, 0.2) is 0 Å². The number of piperidine rings is 1. The first-order valence-corrected chi connectivity index (χ1v) is 8.08. The van der Waals surface area contributed by atoms with E-state index in [4.69, 9.17) is 4.74 Å². The quantitative estimate of drug-likeness (QED) is 0.929. The fourth-order valence-corrected chi connectivity index (χ4v) is 2.79. The summed E-state index contributed by atoms with van der Waals surface area (Å²) in [5, 5.41) is 2.82. The van der Waals surface area contributed by atoms with E-state index in [-0.39, 0.29) is 6.09 Å². The average molecular weight is 304 g/mol. The topological polar surface area (TPSA) is 41.6 Å². The number of hydrogen-bond donors (Lipinski definition) is 1. The van der Waals surface area contributed by atoms with E-state index < -0.39 is 5.60 Å². The molecule has 0 radical (unpaired) electrons. The van der Waals surface area contributed by atoms with Crippen molar-refractivity contribution in [2.75, 3.05) is 20.1 Å². The first-order chi connectivity index (χ1) is 10.3. The Balaban J connectivity index is 1.90. The van der Waals surface area contributed by atoms with Crippen molar-refractivity contribution in [1.82, 2.24) is 10.2 Å². The third-order valence-electron chi connectivity index (χ3n) is 3.98. The molecule has 0 spiro atoms. The lowest BCUT2D eigenvalue weighted by molar-refractivity contribution is 0.0523. The minimum Gasteiger partial charge on any atom is -0.444 e. The van der Waals surface area contributed by atoms with Crippen LogP contribution < -0.4 is 5.32 Å². The van der Waals surface area contributed by atoms with Crippen LogP contribution >= 0.6 is 0 Å². The molecule has 1 aromatic carbocycles. The Kier molecular flexibility index (Phi) is 5.46. The van der Waals surface area contributed by atoms with E-state index in [0.29, 0.717) is 12.5 Å². The first-order valence-electron chi connectivity index (χ1n) is 8.08. The number of rotatable bonds is 3. The van der Waals surface area contributed by atoms with Crippen molar-refractivity contribution in [2.45, 2.75) is 51.7 Å². The second-order valence-corrected chi connectivity index (χ2v) is 7.18. The first kappa shape index (κ1) is 16.8. The third-order valence-corrected chi connectivity index (χ3v) is 3.98. The largest absolute Gasteiger partial charge is 0.444 e. The zero-order valence-corrected chi connectivity index (χ0v) is 14.2. The number of likely N-dealkylation sites (tertiary alicyclic amines) is 1. The lowest BCUT2D eigenvalue weighted by atomic mass is 9.89. The highest BCUT2D eigenvalue weighted by atomic mass is 16.6. The molecule has 0 atom stereocenters. The maximum atomic E-state index is 11.7. The second kappa shape index (κ2) is 7.14. The molecule has 1 aromatic rings. The van der Waals surface area contributed by atoms with Gasteiger partial charge in [-0.2, -0.15) is 0 Å². The summed E-state index contributed by atoms with van der Waals surface area (Å²) in [5.41, 5.74) is 2.05. The SMILES string of the molecule is CN1CCC(c2cccc(CNC(=O)OC(C)(C)C)c2)CC1. The summed E-state index contributed by atoms with van der Waals surface area (Å²) in [6.07, 6.45) is 2.05. The molecule has 0 unspecified atom stereocenters. The molecule has 0 aliphatic carbocycles. The number of hydrogen-bond acceptors (Lipinski definition) is 3. The van der Waals surface area contributed by atoms with Crippen LogP contribution in [0.15, 0.2) is 24.3 Å². The van der Waals surface area contributed by atoms with Crippen molar-refractivity contribution in [3.8, 4) is 0 Å². The van der Waals surface area contributed by atoms with Crippen molar-refractivity contribution in [3.63, 3.8) is 0 Å². The average Bonchev–Trinajstić information content (AvgIpc) is 2.44. The van der Waals surface area contributed by atoms with Crippen molar-refractivity contribution >= 4 is 6.09 Å². The van der Waals surface area contributed by atoms with Crippen molar-refractivity contribution < 1.29 is 9.53 Å². The number of alkyl carbamates (subject to hydrolysis) is 1. The van der Waals surface area contributed by atoms with Gasteiger partial charge in [0.05, 0.1) is 0 Å². The molecule has 22 heavy (non-hydrogen) atoms. The van der Waals surface area contributed by atoms with Gasteiger partial charge >= 0.3 is 6.09 Å². The summed E-state index contributed by atoms with van der Waals surface area (Å²) >= 11 is 0. The minimum absolute atomic E-state index is 0.364. The van der Waals surface area contributed by atoms with Crippen LogP contribution in [0, 0.1) is 0 Å². The number of benzene rings is 1. The van der Waals surface area contributed by atoms with E-state index in [1.807, 2.05) is 20.8 Å². The highest BCUT2D eigenvalue weighted by molar-refractivity contribution is 5.67. The van der Waals surface area contributed by atoms with Gasteiger partial charge in [-0.3, -0.25) is 0 Å². The fourth-order valence-electron chi connectivity index (χ4n) is 2.79. The van der Waals surface area contributed by atoms with Gasteiger partial charge in [-0.1, -0.05) is 24.3 Å². The highest BCUT2D eigenvalue weighted by Crippen LogP contribution is 2.27. The Labute approximate surface area is 133 Å². The second-order valence-electron chi connectivity index (χ2n) is 7.18. The zero-order chi connectivity index (χ0) is 16.2. The Morgan fingerprint density at radius 2 is 2.00 bits per heavy atom. The van der Waals surface area contributed by atoms with E-state index in [1.165, 1.54) is 18.4 Å². The molecule has 1 heterocycles. The van der Waals surface area contributed by atoms with Gasteiger partial charge < -0.3 is 15.0 Å². The lowest BCUT2D eigenvalue weighted by Gasteiger charge is -2.29. The molecular weight excluding hydrogens is 276 g/mol. The molecule has 4 nitrogen and oxygen atoms in total. The van der Waals surface area contributed by atoms with E-state index in [2.05, 4.69) is 41.5 Å². The molecule has 0 bridgehead atoms. The van der Waals surface area contributed by atoms with Crippen LogP contribution in [0.3, 0.4) is 0 Å². The molecule has 0 saturated carbocycles. The van der Waals surface area contributed by atoms with Gasteiger partial charge in [-0.25, -0.2) is 4.79 Å². The lowest BCUT2D eigenvalue weighted by Crippen LogP contribution is -2.32. The number of carbonyl (C=O) groups excluding carboxylic acids is 1. The highest BCUT2D eigenvalue weighted by Gasteiger charge is 2.19. The van der Waals surface area contributed by atoms with Crippen LogP contribution in [0.4, 0.5) is 4.79 Å². The van der Waals surface area contributed by atoms with E-state index in [9.17, 15) is 4.79 Å². The van der Waals surface area contributed by atoms with Crippen LogP contribution in [0.25, 0.3) is 0 Å². The monoisotopic (exact) mass is 304 g/mol.